The Hall–Kier alpha value is -1.96. The van der Waals surface area contributed by atoms with Gasteiger partial charge in [-0.2, -0.15) is 0 Å². The Balaban J connectivity index is 2.93. The molecule has 0 fully saturated rings. The van der Waals surface area contributed by atoms with Gasteiger partial charge in [0.25, 0.3) is 0 Å². The van der Waals surface area contributed by atoms with Crippen LogP contribution in [0.25, 0.3) is 0 Å². The quantitative estimate of drug-likeness (QED) is 0.478. The second-order valence-corrected chi connectivity index (χ2v) is 3.99. The van der Waals surface area contributed by atoms with Crippen LogP contribution < -0.4 is 0 Å². The first kappa shape index (κ1) is 13.1. The van der Waals surface area contributed by atoms with Gasteiger partial charge in [-0.15, -0.1) is 11.3 Å². The Morgan fingerprint density at radius 3 is 2.88 bits per heavy atom. The highest BCUT2D eigenvalue weighted by molar-refractivity contribution is 7.13. The van der Waals surface area contributed by atoms with E-state index < -0.39 is 5.97 Å². The van der Waals surface area contributed by atoms with Crippen molar-refractivity contribution in [1.29, 1.82) is 0 Å². The molecule has 92 valence electrons. The van der Waals surface area contributed by atoms with E-state index in [2.05, 4.69) is 20.0 Å². The number of rotatable bonds is 5. The van der Waals surface area contributed by atoms with E-state index in [0.717, 1.165) is 0 Å². The third kappa shape index (κ3) is 3.83. The number of carbonyl (C=O) groups is 1. The van der Waals surface area contributed by atoms with Gasteiger partial charge in [-0.3, -0.25) is 0 Å². The zero-order valence-corrected chi connectivity index (χ0v) is 10.4. The molecule has 0 aromatic carbocycles. The summed E-state index contributed by atoms with van der Waals surface area (Å²) in [6.45, 7) is 0. The number of thiazole rings is 1. The van der Waals surface area contributed by atoms with Gasteiger partial charge in [-0.1, -0.05) is 5.16 Å². The first-order chi connectivity index (χ1) is 8.04. The molecule has 1 N–H and O–H groups in total. The molecule has 1 aromatic rings. The topological polar surface area (TPSA) is 87.4 Å². The Morgan fingerprint density at radius 2 is 2.35 bits per heavy atom. The molecule has 0 saturated heterocycles. The van der Waals surface area contributed by atoms with Gasteiger partial charge in [0.05, 0.1) is 6.34 Å². The summed E-state index contributed by atoms with van der Waals surface area (Å²) in [7, 11) is 4.93. The van der Waals surface area contributed by atoms with Gasteiger partial charge in [-0.05, 0) is 0 Å². The highest BCUT2D eigenvalue weighted by atomic mass is 32.1. The Kier molecular flexibility index (Phi) is 4.58. The van der Waals surface area contributed by atoms with Crippen LogP contribution in [0.2, 0.25) is 0 Å². The standard InChI is InChI=1S/C9H12N4O3S/c1-13(2)5-10-9-11-6(4-17-9)7(8(14)15)12-16-3/h4-5H,1-3H3,(H,14,15). The lowest BCUT2D eigenvalue weighted by Crippen LogP contribution is -2.15. The molecule has 0 radical (unpaired) electrons. The summed E-state index contributed by atoms with van der Waals surface area (Å²) >= 11 is 1.23. The first-order valence-corrected chi connectivity index (χ1v) is 5.43. The fourth-order valence-electron chi connectivity index (χ4n) is 0.884. The molecule has 8 heteroatoms. The maximum absolute atomic E-state index is 10.9. The van der Waals surface area contributed by atoms with Crippen molar-refractivity contribution in [3.8, 4) is 0 Å². The van der Waals surface area contributed by atoms with Crippen LogP contribution in [0.3, 0.4) is 0 Å². The maximum atomic E-state index is 10.9. The summed E-state index contributed by atoms with van der Waals surface area (Å²) in [6, 6.07) is 0. The maximum Gasteiger partial charge on any atom is 0.360 e. The Morgan fingerprint density at radius 1 is 1.65 bits per heavy atom. The molecular weight excluding hydrogens is 244 g/mol. The number of aromatic nitrogens is 1. The third-order valence-electron chi connectivity index (χ3n) is 1.52. The number of hydrogen-bond donors (Lipinski definition) is 1. The Labute approximate surface area is 102 Å². The van der Waals surface area contributed by atoms with E-state index in [-0.39, 0.29) is 11.4 Å². The van der Waals surface area contributed by atoms with Crippen molar-refractivity contribution >= 4 is 34.5 Å². The number of hydrogen-bond acceptors (Lipinski definition) is 6. The summed E-state index contributed by atoms with van der Waals surface area (Å²) in [5, 5.41) is 14.3. The summed E-state index contributed by atoms with van der Waals surface area (Å²) < 4.78 is 0. The molecule has 1 rings (SSSR count). The van der Waals surface area contributed by atoms with E-state index in [4.69, 9.17) is 5.11 Å². The van der Waals surface area contributed by atoms with Crippen LogP contribution in [0, 0.1) is 0 Å². The third-order valence-corrected chi connectivity index (χ3v) is 2.27. The zero-order valence-electron chi connectivity index (χ0n) is 9.62. The van der Waals surface area contributed by atoms with E-state index in [0.29, 0.717) is 5.13 Å². The van der Waals surface area contributed by atoms with Crippen LogP contribution in [0.1, 0.15) is 5.69 Å². The van der Waals surface area contributed by atoms with Gasteiger partial charge < -0.3 is 14.8 Å². The molecule has 0 atom stereocenters. The normalized spacial score (nSPS) is 11.8. The van der Waals surface area contributed by atoms with E-state index in [9.17, 15) is 4.79 Å². The first-order valence-electron chi connectivity index (χ1n) is 4.55. The van der Waals surface area contributed by atoms with Crippen LogP contribution in [0.4, 0.5) is 5.13 Å². The van der Waals surface area contributed by atoms with Crippen LogP contribution >= 0.6 is 11.3 Å². The highest BCUT2D eigenvalue weighted by Crippen LogP contribution is 2.19. The summed E-state index contributed by atoms with van der Waals surface area (Å²) in [5.41, 5.74) is -0.00897. The minimum absolute atomic E-state index is 0.232. The molecule has 0 amide bonds. The lowest BCUT2D eigenvalue weighted by molar-refractivity contribution is -0.129. The van der Waals surface area contributed by atoms with Crippen LogP contribution in [-0.2, 0) is 9.63 Å². The summed E-state index contributed by atoms with van der Waals surface area (Å²) in [4.78, 5) is 25.1. The van der Waals surface area contributed by atoms with Crippen molar-refractivity contribution in [2.75, 3.05) is 21.2 Å². The van der Waals surface area contributed by atoms with Gasteiger partial charge in [0.1, 0.15) is 12.8 Å². The van der Waals surface area contributed by atoms with Gasteiger partial charge >= 0.3 is 5.97 Å². The number of aliphatic carboxylic acids is 1. The fourth-order valence-corrected chi connectivity index (χ4v) is 1.52. The molecule has 17 heavy (non-hydrogen) atoms. The molecule has 0 aliphatic rings. The lowest BCUT2D eigenvalue weighted by atomic mass is 10.3. The van der Waals surface area contributed by atoms with E-state index >= 15 is 0 Å². The minimum atomic E-state index is -1.19. The molecule has 0 aliphatic carbocycles. The number of aliphatic imine (C=N–C) groups is 1. The van der Waals surface area contributed by atoms with Gasteiger partial charge in [0, 0.05) is 19.5 Å². The molecule has 0 saturated carbocycles. The number of nitrogens with zero attached hydrogens (tertiary/aromatic N) is 4. The Bertz CT molecular complexity index is 453. The lowest BCUT2D eigenvalue weighted by Gasteiger charge is -1.99. The van der Waals surface area contributed by atoms with Crippen molar-refractivity contribution in [2.24, 2.45) is 10.1 Å². The predicted molar refractivity (Wildman–Crippen MR) is 65.1 cm³/mol. The number of carboxylic acid groups (broad SMARTS) is 1. The summed E-state index contributed by atoms with van der Waals surface area (Å²) in [6.07, 6.45) is 1.58. The molecule has 1 aromatic heterocycles. The van der Waals surface area contributed by atoms with E-state index in [1.807, 2.05) is 14.1 Å². The second kappa shape index (κ2) is 5.94. The molecule has 1 heterocycles. The largest absolute Gasteiger partial charge is 0.476 e. The monoisotopic (exact) mass is 256 g/mol. The van der Waals surface area contributed by atoms with E-state index in [1.165, 1.54) is 18.4 Å². The van der Waals surface area contributed by atoms with Crippen molar-refractivity contribution in [1.82, 2.24) is 9.88 Å². The van der Waals surface area contributed by atoms with Gasteiger partial charge in [0.15, 0.2) is 0 Å². The van der Waals surface area contributed by atoms with Gasteiger partial charge in [-0.25, -0.2) is 14.8 Å². The minimum Gasteiger partial charge on any atom is -0.476 e. The van der Waals surface area contributed by atoms with Crippen LogP contribution in [0.15, 0.2) is 15.5 Å². The van der Waals surface area contributed by atoms with Crippen molar-refractivity contribution < 1.29 is 14.7 Å². The average Bonchev–Trinajstić information content (AvgIpc) is 2.71. The number of carboxylic acids is 1. The van der Waals surface area contributed by atoms with Gasteiger partial charge in [0.2, 0.25) is 10.8 Å². The second-order valence-electron chi connectivity index (χ2n) is 3.15. The molecule has 0 unspecified atom stereocenters. The van der Waals surface area contributed by atoms with Crippen molar-refractivity contribution in [2.45, 2.75) is 0 Å². The molecular formula is C9H12N4O3S. The fraction of sp³-hybridized carbons (Fsp3) is 0.333. The predicted octanol–water partition coefficient (Wildman–Crippen LogP) is 0.800. The highest BCUT2D eigenvalue weighted by Gasteiger charge is 2.17. The van der Waals surface area contributed by atoms with Crippen LogP contribution in [-0.4, -0.2) is 54.2 Å². The van der Waals surface area contributed by atoms with E-state index in [1.54, 1.807) is 16.6 Å². The number of oxime groups is 1. The molecule has 7 nitrogen and oxygen atoms in total. The smallest absolute Gasteiger partial charge is 0.360 e. The van der Waals surface area contributed by atoms with Crippen LogP contribution in [0.5, 0.6) is 0 Å². The summed E-state index contributed by atoms with van der Waals surface area (Å²) in [5.74, 6) is -1.19. The average molecular weight is 256 g/mol. The van der Waals surface area contributed by atoms with Crippen molar-refractivity contribution in [3.63, 3.8) is 0 Å². The molecule has 0 spiro atoms. The molecule has 0 bridgehead atoms. The zero-order chi connectivity index (χ0) is 12.8. The molecule has 0 aliphatic heterocycles. The van der Waals surface area contributed by atoms with Crippen molar-refractivity contribution in [3.05, 3.63) is 11.1 Å². The SMILES string of the molecule is CON=C(C(=O)O)c1csc(N=CN(C)C)n1.